The Morgan fingerprint density at radius 2 is 2.00 bits per heavy atom. The normalized spacial score (nSPS) is 23.2. The lowest BCUT2D eigenvalue weighted by atomic mass is 10.0. The predicted molar refractivity (Wildman–Crippen MR) is 144 cm³/mol. The molecule has 10 heteroatoms. The summed E-state index contributed by atoms with van der Waals surface area (Å²) in [5.74, 6) is 1.66. The van der Waals surface area contributed by atoms with Gasteiger partial charge in [-0.1, -0.05) is 11.3 Å². The number of thiazole rings is 1. The van der Waals surface area contributed by atoms with Gasteiger partial charge in [-0.25, -0.2) is 15.0 Å². The first kappa shape index (κ1) is 24.1. The molecule has 1 aromatic carbocycles. The molecule has 1 aliphatic carbocycles. The number of carbonyl (C=O) groups is 1. The molecule has 2 saturated heterocycles. The van der Waals surface area contributed by atoms with E-state index in [1.807, 2.05) is 41.7 Å². The summed E-state index contributed by atoms with van der Waals surface area (Å²) in [5, 5.41) is 4.59. The van der Waals surface area contributed by atoms with Gasteiger partial charge in [-0.3, -0.25) is 9.69 Å². The number of nitrogens with one attached hydrogen (secondary N) is 1. The van der Waals surface area contributed by atoms with Crippen molar-refractivity contribution in [1.82, 2.24) is 24.8 Å². The number of likely N-dealkylation sites (tertiary alicyclic amines) is 1. The first-order valence-corrected chi connectivity index (χ1v) is 14.8. The highest BCUT2D eigenvalue weighted by Gasteiger charge is 2.35. The molecule has 6 rings (SSSR count). The molecule has 1 N–H and O–H groups in total. The fourth-order valence-electron chi connectivity index (χ4n) is 5.47. The van der Waals surface area contributed by atoms with Crippen molar-refractivity contribution in [2.45, 2.75) is 42.7 Å². The lowest BCUT2D eigenvalue weighted by Crippen LogP contribution is -2.62. The fourth-order valence-corrected chi connectivity index (χ4v) is 6.77. The molecule has 0 radical (unpaired) electrons. The van der Waals surface area contributed by atoms with E-state index in [9.17, 15) is 4.79 Å². The van der Waals surface area contributed by atoms with Gasteiger partial charge >= 0.3 is 0 Å². The molecule has 3 fully saturated rings. The molecule has 0 bridgehead atoms. The van der Waals surface area contributed by atoms with Gasteiger partial charge in [0.25, 0.3) is 5.91 Å². The Morgan fingerprint density at radius 3 is 2.78 bits per heavy atom. The zero-order chi connectivity index (χ0) is 24.5. The molecule has 0 spiro atoms. The van der Waals surface area contributed by atoms with Gasteiger partial charge < -0.3 is 15.0 Å². The monoisotopic (exact) mass is 524 g/mol. The second kappa shape index (κ2) is 10.6. The van der Waals surface area contributed by atoms with Crippen LogP contribution in [0.4, 0.5) is 5.13 Å². The van der Waals surface area contributed by atoms with Crippen LogP contribution in [0.3, 0.4) is 0 Å². The topological polar surface area (TPSA) is 83.5 Å². The summed E-state index contributed by atoms with van der Waals surface area (Å²) in [7, 11) is 0. The number of carbonyl (C=O) groups excluding carboxylic acids is 1. The van der Waals surface area contributed by atoms with E-state index < -0.39 is 0 Å². The number of hydrogen-bond donors (Lipinski definition) is 1. The Balaban J connectivity index is 1.03. The second-order valence-corrected chi connectivity index (χ2v) is 11.9. The predicted octanol–water partition coefficient (Wildman–Crippen LogP) is 3.79. The van der Waals surface area contributed by atoms with Gasteiger partial charge in [-0.2, -0.15) is 0 Å². The highest BCUT2D eigenvalue weighted by Crippen LogP contribution is 2.33. The molecule has 8 nitrogen and oxygen atoms in total. The third kappa shape index (κ3) is 5.22. The molecule has 2 aromatic heterocycles. The second-order valence-electron chi connectivity index (χ2n) is 9.98. The number of ether oxygens (including phenoxy) is 1. The van der Waals surface area contributed by atoms with E-state index >= 15 is 0 Å². The van der Waals surface area contributed by atoms with Crippen molar-refractivity contribution in [3.63, 3.8) is 0 Å². The van der Waals surface area contributed by atoms with E-state index in [-0.39, 0.29) is 5.91 Å². The van der Waals surface area contributed by atoms with Crippen LogP contribution in [0.1, 0.15) is 35.4 Å². The van der Waals surface area contributed by atoms with Crippen LogP contribution < -0.4 is 5.32 Å². The number of benzene rings is 1. The fraction of sp³-hybridized carbons (Fsp3) is 0.538. The number of fused-ring (bicyclic) bond motifs is 1. The van der Waals surface area contributed by atoms with E-state index in [1.54, 1.807) is 23.1 Å². The summed E-state index contributed by atoms with van der Waals surface area (Å²) in [4.78, 5) is 32.4. The zero-order valence-electron chi connectivity index (χ0n) is 20.6. The third-order valence-electron chi connectivity index (χ3n) is 7.60. The minimum Gasteiger partial charge on any atom is -0.379 e. The first-order chi connectivity index (χ1) is 17.6. The van der Waals surface area contributed by atoms with Crippen molar-refractivity contribution in [2.75, 3.05) is 51.0 Å². The standard InChI is InChI=1S/C26H32N6O2S2/c1-35-21-13-27-24(28-14-21)11-17-2-4-19(10-17)29-26-30-22-5-3-18(12-23(22)36-26)25(33)32-15-20(16-32)31-6-8-34-9-7-31/h3,5,12-14,17,19-20H,2,4,6-11,15-16H2,1H3,(H,29,30)/t17-,19-/m0/s1. The SMILES string of the molecule is CSc1cnc(C[C@H]2CC[C@H](Nc3nc4ccc(C(=O)N5CC(N6CCOCC6)C5)cc4s3)C2)nc1. The molecule has 1 amide bonds. The Bertz CT molecular complexity index is 1210. The number of rotatable bonds is 7. The first-order valence-electron chi connectivity index (χ1n) is 12.8. The summed E-state index contributed by atoms with van der Waals surface area (Å²) in [5.41, 5.74) is 1.71. The average molecular weight is 525 g/mol. The summed E-state index contributed by atoms with van der Waals surface area (Å²) >= 11 is 3.31. The Kier molecular flexibility index (Phi) is 7.10. The number of amides is 1. The lowest BCUT2D eigenvalue weighted by Gasteiger charge is -2.46. The summed E-state index contributed by atoms with van der Waals surface area (Å²) in [6, 6.07) is 6.80. The number of aromatic nitrogens is 3. The summed E-state index contributed by atoms with van der Waals surface area (Å²) in [6.45, 7) is 5.14. The van der Waals surface area contributed by atoms with Crippen LogP contribution >= 0.6 is 23.1 Å². The third-order valence-corrected chi connectivity index (χ3v) is 9.24. The van der Waals surface area contributed by atoms with Crippen LogP contribution in [0.25, 0.3) is 10.2 Å². The van der Waals surface area contributed by atoms with E-state index in [0.29, 0.717) is 18.0 Å². The number of hydrogen-bond acceptors (Lipinski definition) is 9. The van der Waals surface area contributed by atoms with Crippen LogP contribution in [-0.2, 0) is 11.2 Å². The number of morpholine rings is 1. The summed E-state index contributed by atoms with van der Waals surface area (Å²) in [6.07, 6.45) is 10.2. The maximum absolute atomic E-state index is 13.0. The van der Waals surface area contributed by atoms with E-state index in [0.717, 1.165) is 90.3 Å². The van der Waals surface area contributed by atoms with Gasteiger partial charge in [0.2, 0.25) is 0 Å². The quantitative estimate of drug-likeness (QED) is 0.468. The van der Waals surface area contributed by atoms with Crippen molar-refractivity contribution >= 4 is 44.4 Å². The maximum atomic E-state index is 13.0. The van der Waals surface area contributed by atoms with Crippen molar-refractivity contribution in [3.8, 4) is 0 Å². The molecule has 0 unspecified atom stereocenters. The van der Waals surface area contributed by atoms with Crippen molar-refractivity contribution in [2.24, 2.45) is 5.92 Å². The molecular weight excluding hydrogens is 492 g/mol. The number of nitrogens with zero attached hydrogens (tertiary/aromatic N) is 5. The molecule has 2 atom stereocenters. The Labute approximate surface area is 219 Å². The van der Waals surface area contributed by atoms with Gasteiger partial charge in [0.15, 0.2) is 5.13 Å². The van der Waals surface area contributed by atoms with Crippen LogP contribution in [0.15, 0.2) is 35.5 Å². The van der Waals surface area contributed by atoms with Gasteiger partial charge in [0, 0.05) is 67.5 Å². The molecule has 2 aliphatic heterocycles. The molecule has 190 valence electrons. The molecule has 3 aromatic rings. The van der Waals surface area contributed by atoms with Crippen LogP contribution in [0, 0.1) is 5.92 Å². The minimum atomic E-state index is 0.121. The van der Waals surface area contributed by atoms with Crippen molar-refractivity contribution < 1.29 is 9.53 Å². The van der Waals surface area contributed by atoms with Crippen LogP contribution in [0.2, 0.25) is 0 Å². The average Bonchev–Trinajstić information content (AvgIpc) is 3.49. The zero-order valence-corrected chi connectivity index (χ0v) is 22.2. The highest BCUT2D eigenvalue weighted by atomic mass is 32.2. The van der Waals surface area contributed by atoms with Crippen LogP contribution in [0.5, 0.6) is 0 Å². The van der Waals surface area contributed by atoms with Gasteiger partial charge in [0.05, 0.1) is 23.4 Å². The Morgan fingerprint density at radius 1 is 1.19 bits per heavy atom. The van der Waals surface area contributed by atoms with E-state index in [4.69, 9.17) is 9.72 Å². The van der Waals surface area contributed by atoms with E-state index in [2.05, 4.69) is 20.2 Å². The smallest absolute Gasteiger partial charge is 0.254 e. The number of thioether (sulfide) groups is 1. The molecule has 4 heterocycles. The van der Waals surface area contributed by atoms with E-state index in [1.165, 1.54) is 6.42 Å². The van der Waals surface area contributed by atoms with Gasteiger partial charge in [0.1, 0.15) is 5.82 Å². The molecular formula is C26H32N6O2S2. The summed E-state index contributed by atoms with van der Waals surface area (Å²) < 4.78 is 6.51. The molecule has 1 saturated carbocycles. The highest BCUT2D eigenvalue weighted by molar-refractivity contribution is 7.98. The number of anilines is 1. The molecule has 3 aliphatic rings. The lowest BCUT2D eigenvalue weighted by molar-refractivity contribution is -0.0256. The van der Waals surface area contributed by atoms with Gasteiger partial charge in [-0.05, 0) is 49.6 Å². The molecule has 36 heavy (non-hydrogen) atoms. The van der Waals surface area contributed by atoms with Crippen molar-refractivity contribution in [1.29, 1.82) is 0 Å². The van der Waals surface area contributed by atoms with Crippen LogP contribution in [-0.4, -0.2) is 88.4 Å². The van der Waals surface area contributed by atoms with Gasteiger partial charge in [-0.15, -0.1) is 11.8 Å². The largest absolute Gasteiger partial charge is 0.379 e. The minimum absolute atomic E-state index is 0.121. The maximum Gasteiger partial charge on any atom is 0.254 e. The Hall–Kier alpha value is -2.27. The van der Waals surface area contributed by atoms with Crippen molar-refractivity contribution in [3.05, 3.63) is 42.0 Å².